The van der Waals surface area contributed by atoms with Crippen LogP contribution in [0.1, 0.15) is 34.5 Å². The molecule has 7 N–H and O–H groups in total. The molecule has 0 saturated heterocycles. The molecule has 0 aliphatic heterocycles. The molecule has 0 aromatic carbocycles. The number of rotatable bonds is 9. The fourth-order valence-electron chi connectivity index (χ4n) is 2.98. The molecule has 3 aromatic rings. The van der Waals surface area contributed by atoms with Crippen LogP contribution in [0, 0.1) is 0 Å². The van der Waals surface area contributed by atoms with Gasteiger partial charge < -0.3 is 27.0 Å². The molecule has 0 aliphatic carbocycles. The van der Waals surface area contributed by atoms with E-state index in [0.29, 0.717) is 29.6 Å². The zero-order valence-electron chi connectivity index (χ0n) is 16.9. The molecule has 1 atom stereocenters. The number of hydrogen-bond acceptors (Lipinski definition) is 9. The predicted molar refractivity (Wildman–Crippen MR) is 114 cm³/mol. The molecule has 0 radical (unpaired) electrons. The number of anilines is 2. The minimum atomic E-state index is -1.30. The average Bonchev–Trinajstić information content (AvgIpc) is 2.75. The van der Waals surface area contributed by atoms with E-state index in [1.807, 2.05) is 6.07 Å². The first-order chi connectivity index (χ1) is 15.2. The number of nitrogens with one attached hydrogen (secondary N) is 1. The molecule has 3 aromatic heterocycles. The molecule has 3 rings (SSSR count). The number of nitrogens with two attached hydrogens (primary N) is 2. The highest BCUT2D eigenvalue weighted by molar-refractivity contribution is 5.96. The molecular formula is C20H21N7O5. The second-order valence-electron chi connectivity index (χ2n) is 7.02. The standard InChI is InChI=1S/C20H21N7O5/c21-16-13-7-10(8-24-17(13)27-20(22)26-16)1-3-12-4-2-11(9-23-12)18(30)25-14(19(31)32)5-6-15(28)29/h2,4,7-9,14H,1,3,5-6H2,(H,25,30)(H,28,29)(H,31,32)(H4,21,22,24,26,27)/t14-/m0/s1. The Bertz CT molecular complexity index is 1170. The molecule has 12 nitrogen and oxygen atoms in total. The van der Waals surface area contributed by atoms with Gasteiger partial charge in [-0.2, -0.15) is 9.97 Å². The van der Waals surface area contributed by atoms with Gasteiger partial charge in [0.1, 0.15) is 11.9 Å². The van der Waals surface area contributed by atoms with Crippen molar-refractivity contribution in [2.45, 2.75) is 31.7 Å². The van der Waals surface area contributed by atoms with Gasteiger partial charge >= 0.3 is 11.9 Å². The number of carboxylic acids is 2. The minimum absolute atomic E-state index is 0.0557. The van der Waals surface area contributed by atoms with Crippen LogP contribution >= 0.6 is 0 Å². The number of aromatic nitrogens is 4. The molecule has 0 aliphatic rings. The first-order valence-electron chi connectivity index (χ1n) is 9.61. The molecule has 1 amide bonds. The first kappa shape index (κ1) is 22.3. The van der Waals surface area contributed by atoms with E-state index in [4.69, 9.17) is 21.7 Å². The summed E-state index contributed by atoms with van der Waals surface area (Å²) >= 11 is 0. The number of amides is 1. The Hall–Kier alpha value is -4.35. The number of pyridine rings is 2. The van der Waals surface area contributed by atoms with Crippen molar-refractivity contribution in [2.24, 2.45) is 0 Å². The molecule has 0 spiro atoms. The Morgan fingerprint density at radius 2 is 1.81 bits per heavy atom. The average molecular weight is 439 g/mol. The van der Waals surface area contributed by atoms with Gasteiger partial charge in [0.2, 0.25) is 5.95 Å². The van der Waals surface area contributed by atoms with Gasteiger partial charge in [-0.1, -0.05) is 0 Å². The van der Waals surface area contributed by atoms with Crippen LogP contribution in [0.5, 0.6) is 0 Å². The van der Waals surface area contributed by atoms with Gasteiger partial charge in [0.15, 0.2) is 5.65 Å². The van der Waals surface area contributed by atoms with Crippen molar-refractivity contribution >= 4 is 40.6 Å². The molecule has 12 heteroatoms. The number of carbonyl (C=O) groups excluding carboxylic acids is 1. The van der Waals surface area contributed by atoms with Crippen molar-refractivity contribution in [1.29, 1.82) is 0 Å². The summed E-state index contributed by atoms with van der Waals surface area (Å²) in [6.07, 6.45) is 3.57. The summed E-state index contributed by atoms with van der Waals surface area (Å²) in [6, 6.07) is 3.72. The number of carboxylic acid groups (broad SMARTS) is 2. The normalized spacial score (nSPS) is 11.8. The van der Waals surface area contributed by atoms with Gasteiger partial charge in [-0.15, -0.1) is 0 Å². The van der Waals surface area contributed by atoms with Crippen LogP contribution in [0.3, 0.4) is 0 Å². The number of nitrogen functional groups attached to an aromatic ring is 2. The summed E-state index contributed by atoms with van der Waals surface area (Å²) in [5, 5.41) is 20.8. The number of fused-ring (bicyclic) bond motifs is 1. The van der Waals surface area contributed by atoms with E-state index >= 15 is 0 Å². The van der Waals surface area contributed by atoms with Gasteiger partial charge in [0.25, 0.3) is 5.91 Å². The Morgan fingerprint density at radius 1 is 1.03 bits per heavy atom. The van der Waals surface area contributed by atoms with E-state index in [1.165, 1.54) is 12.3 Å². The quantitative estimate of drug-likeness (QED) is 0.308. The topological polar surface area (TPSA) is 207 Å². The van der Waals surface area contributed by atoms with Crippen LogP contribution in [0.15, 0.2) is 30.6 Å². The summed E-state index contributed by atoms with van der Waals surface area (Å²) < 4.78 is 0. The van der Waals surface area contributed by atoms with Crippen molar-refractivity contribution in [3.63, 3.8) is 0 Å². The van der Waals surface area contributed by atoms with Gasteiger partial charge in [-0.25, -0.2) is 9.78 Å². The molecule has 0 bridgehead atoms. The largest absolute Gasteiger partial charge is 0.481 e. The van der Waals surface area contributed by atoms with Gasteiger partial charge in [0, 0.05) is 24.5 Å². The maximum atomic E-state index is 12.3. The molecule has 0 fully saturated rings. The van der Waals surface area contributed by atoms with Crippen LogP contribution in [0.2, 0.25) is 0 Å². The van der Waals surface area contributed by atoms with E-state index in [0.717, 1.165) is 5.56 Å². The summed E-state index contributed by atoms with van der Waals surface area (Å²) in [6.45, 7) is 0. The van der Waals surface area contributed by atoms with Crippen LogP contribution in [0.25, 0.3) is 11.0 Å². The number of nitrogens with zero attached hydrogens (tertiary/aromatic N) is 4. The third-order valence-electron chi connectivity index (χ3n) is 4.66. The lowest BCUT2D eigenvalue weighted by atomic mass is 10.1. The molecule has 166 valence electrons. The Labute approximate surface area is 181 Å². The van der Waals surface area contributed by atoms with E-state index < -0.39 is 23.9 Å². The summed E-state index contributed by atoms with van der Waals surface area (Å²) in [5.74, 6) is -2.78. The van der Waals surface area contributed by atoms with Crippen LogP contribution in [-0.4, -0.2) is 54.0 Å². The summed E-state index contributed by atoms with van der Waals surface area (Å²) in [7, 11) is 0. The minimum Gasteiger partial charge on any atom is -0.481 e. The molecule has 0 unspecified atom stereocenters. The third-order valence-corrected chi connectivity index (χ3v) is 4.66. The maximum Gasteiger partial charge on any atom is 0.326 e. The van der Waals surface area contributed by atoms with Crippen molar-refractivity contribution in [3.05, 3.63) is 47.4 Å². The monoisotopic (exact) mass is 439 g/mol. The lowest BCUT2D eigenvalue weighted by molar-refractivity contribution is -0.140. The van der Waals surface area contributed by atoms with Crippen molar-refractivity contribution < 1.29 is 24.6 Å². The second-order valence-corrected chi connectivity index (χ2v) is 7.02. The molecule has 32 heavy (non-hydrogen) atoms. The lowest BCUT2D eigenvalue weighted by Crippen LogP contribution is -2.41. The van der Waals surface area contributed by atoms with Gasteiger partial charge in [0.05, 0.1) is 10.9 Å². The van der Waals surface area contributed by atoms with Crippen molar-refractivity contribution in [1.82, 2.24) is 25.3 Å². The van der Waals surface area contributed by atoms with Gasteiger partial charge in [-0.3, -0.25) is 14.6 Å². The Morgan fingerprint density at radius 3 is 2.47 bits per heavy atom. The molecular weight excluding hydrogens is 418 g/mol. The number of aliphatic carboxylic acids is 2. The van der Waals surface area contributed by atoms with E-state index in [2.05, 4.69) is 25.3 Å². The van der Waals surface area contributed by atoms with Crippen LogP contribution in [0.4, 0.5) is 11.8 Å². The summed E-state index contributed by atoms with van der Waals surface area (Å²) in [4.78, 5) is 50.6. The van der Waals surface area contributed by atoms with E-state index in [-0.39, 0.29) is 30.2 Å². The second kappa shape index (κ2) is 9.64. The predicted octanol–water partition coefficient (Wildman–Crippen LogP) is 0.417. The number of aryl methyl sites for hydroxylation is 2. The Kier molecular flexibility index (Phi) is 6.73. The summed E-state index contributed by atoms with van der Waals surface area (Å²) in [5.41, 5.74) is 13.6. The number of hydrogen-bond donors (Lipinski definition) is 5. The van der Waals surface area contributed by atoms with Crippen LogP contribution in [-0.2, 0) is 22.4 Å². The zero-order chi connectivity index (χ0) is 23.3. The SMILES string of the molecule is Nc1nc(N)c2cc(CCc3ccc(C(=O)N[C@@H](CCC(=O)O)C(=O)O)cn3)cnc2n1. The highest BCUT2D eigenvalue weighted by Gasteiger charge is 2.21. The first-order valence-corrected chi connectivity index (χ1v) is 9.61. The highest BCUT2D eigenvalue weighted by Crippen LogP contribution is 2.19. The van der Waals surface area contributed by atoms with Gasteiger partial charge in [-0.05, 0) is 43.0 Å². The lowest BCUT2D eigenvalue weighted by Gasteiger charge is -2.13. The fraction of sp³-hybridized carbons (Fsp3) is 0.250. The van der Waals surface area contributed by atoms with Crippen molar-refractivity contribution in [3.8, 4) is 0 Å². The molecule has 0 saturated carbocycles. The maximum absolute atomic E-state index is 12.3. The van der Waals surface area contributed by atoms with E-state index in [9.17, 15) is 14.4 Å². The molecule has 3 heterocycles. The van der Waals surface area contributed by atoms with Crippen LogP contribution < -0.4 is 16.8 Å². The van der Waals surface area contributed by atoms with E-state index in [1.54, 1.807) is 12.3 Å². The fourth-order valence-corrected chi connectivity index (χ4v) is 2.98. The third kappa shape index (κ3) is 5.62. The number of carbonyl (C=O) groups is 3. The highest BCUT2D eigenvalue weighted by atomic mass is 16.4. The van der Waals surface area contributed by atoms with Crippen molar-refractivity contribution in [2.75, 3.05) is 11.5 Å². The smallest absolute Gasteiger partial charge is 0.326 e. The zero-order valence-corrected chi connectivity index (χ0v) is 16.9. The Balaban J connectivity index is 1.62.